The van der Waals surface area contributed by atoms with Crippen molar-refractivity contribution in [1.82, 2.24) is 6.15 Å². The summed E-state index contributed by atoms with van der Waals surface area (Å²) in [6, 6.07) is 0. The Hall–Kier alpha value is 1.06. The number of rotatable bonds is 2. The maximum absolute atomic E-state index is 9.59. The van der Waals surface area contributed by atoms with Gasteiger partial charge in [-0.05, 0) is 0 Å². The molecule has 0 aromatic carbocycles. The van der Waals surface area contributed by atoms with Crippen LogP contribution in [0.5, 0.6) is 0 Å². The molecule has 0 saturated carbocycles. The zero-order chi connectivity index (χ0) is 7.71. The fourth-order valence-corrected chi connectivity index (χ4v) is 1.21. The fourth-order valence-electron chi connectivity index (χ4n) is 0.134. The predicted octanol–water partition coefficient (Wildman–Crippen LogP) is -7.58. The molecule has 96 valence electrons. The van der Waals surface area contributed by atoms with E-state index in [-0.39, 0.29) is 57.6 Å². The first kappa shape index (κ1) is 44.4. The summed E-state index contributed by atoms with van der Waals surface area (Å²) in [6.07, 6.45) is 0. The van der Waals surface area contributed by atoms with Gasteiger partial charge in [0.05, 0.1) is 0 Å². The predicted molar refractivity (Wildman–Crippen MR) is 42.4 cm³/mol. The molecule has 0 radical (unpaired) electrons. The van der Waals surface area contributed by atoms with Crippen molar-refractivity contribution in [2.24, 2.45) is 0 Å². The Labute approximate surface area is 106 Å². The first-order valence-corrected chi connectivity index (χ1v) is 4.54. The van der Waals surface area contributed by atoms with Crippen LogP contribution < -0.4 is 40.6 Å². The van der Waals surface area contributed by atoms with E-state index in [9.17, 15) is 14.0 Å². The topological polar surface area (TPSA) is 288 Å². The van der Waals surface area contributed by atoms with Gasteiger partial charge in [-0.1, -0.05) is 0 Å². The number of phosphoric acid groups is 2. The second-order valence-corrected chi connectivity index (χ2v) is 3.61. The summed E-state index contributed by atoms with van der Waals surface area (Å²) in [6.45, 7) is 0. The Morgan fingerprint density at radius 3 is 1.13 bits per heavy atom. The van der Waals surface area contributed by atoms with Crippen LogP contribution in [0.3, 0.4) is 0 Å². The summed E-state index contributed by atoms with van der Waals surface area (Å²) in [4.78, 5) is 32.6. The molecule has 0 amide bonds. The summed E-state index contributed by atoms with van der Waals surface area (Å²) < 4.78 is 21.9. The van der Waals surface area contributed by atoms with E-state index in [4.69, 9.17) is 14.7 Å². The van der Waals surface area contributed by atoms with E-state index in [0.29, 0.717) is 0 Å². The summed E-state index contributed by atoms with van der Waals surface area (Å²) in [5, 5.41) is 0. The average molecular weight is 289 g/mol. The van der Waals surface area contributed by atoms with Crippen molar-refractivity contribution >= 4 is 15.6 Å². The normalized spacial score (nSPS) is 11.5. The van der Waals surface area contributed by atoms with Gasteiger partial charge in [-0.2, -0.15) is 0 Å². The SMILES string of the molecule is N.O.O.O.O.O=P([O-])(O)OP(=O)(O)O.[Na+]. The van der Waals surface area contributed by atoms with E-state index in [1.807, 2.05) is 0 Å². The molecular weight excluding hydrogens is 275 g/mol. The smallest absolute Gasteiger partial charge is 0.756 e. The molecule has 0 aliphatic rings. The van der Waals surface area contributed by atoms with Crippen LogP contribution in [0.1, 0.15) is 0 Å². The van der Waals surface area contributed by atoms with Gasteiger partial charge in [0.15, 0.2) is 0 Å². The van der Waals surface area contributed by atoms with Gasteiger partial charge in [0, 0.05) is 0 Å². The number of hydrogen-bond acceptors (Lipinski definition) is 5. The van der Waals surface area contributed by atoms with Gasteiger partial charge in [0.1, 0.15) is 0 Å². The molecule has 0 heterocycles. The van der Waals surface area contributed by atoms with Crippen molar-refractivity contribution in [3.8, 4) is 0 Å². The van der Waals surface area contributed by atoms with Crippen molar-refractivity contribution < 1.29 is 84.5 Å². The van der Waals surface area contributed by atoms with Crippen molar-refractivity contribution in [3.63, 3.8) is 0 Å². The molecule has 0 spiro atoms. The van der Waals surface area contributed by atoms with Crippen molar-refractivity contribution in [3.05, 3.63) is 0 Å². The first-order chi connectivity index (χ1) is 3.71. The third kappa shape index (κ3) is 51.5. The number of hydrogen-bond donors (Lipinski definition) is 4. The molecule has 15 heteroatoms. The molecule has 1 atom stereocenters. The molecule has 0 saturated heterocycles. The van der Waals surface area contributed by atoms with Gasteiger partial charge in [-0.3, -0.25) is 4.57 Å². The van der Waals surface area contributed by atoms with Crippen LogP contribution in [-0.4, -0.2) is 36.6 Å². The molecule has 15 heavy (non-hydrogen) atoms. The third-order valence-corrected chi connectivity index (χ3v) is 1.89. The first-order valence-electron chi connectivity index (χ1n) is 1.51. The molecule has 0 aliphatic heterocycles. The molecule has 14 N–H and O–H groups in total. The summed E-state index contributed by atoms with van der Waals surface area (Å²) in [5.74, 6) is 0. The monoisotopic (exact) mass is 289 g/mol. The minimum atomic E-state index is -5.30. The second-order valence-electron chi connectivity index (χ2n) is 1.04. The Morgan fingerprint density at radius 2 is 1.13 bits per heavy atom. The van der Waals surface area contributed by atoms with E-state index in [1.54, 1.807) is 0 Å². The summed E-state index contributed by atoms with van der Waals surface area (Å²) >= 11 is 0. The molecule has 0 aromatic heterocycles. The second kappa shape index (κ2) is 15.1. The van der Waals surface area contributed by atoms with Crippen molar-refractivity contribution in [1.29, 1.82) is 0 Å². The quantitative estimate of drug-likeness (QED) is 0.278. The largest absolute Gasteiger partial charge is 1.00 e. The van der Waals surface area contributed by atoms with Crippen molar-refractivity contribution in [2.45, 2.75) is 0 Å². The third-order valence-electron chi connectivity index (χ3n) is 0.210. The van der Waals surface area contributed by atoms with E-state index in [0.717, 1.165) is 0 Å². The van der Waals surface area contributed by atoms with Gasteiger partial charge in [0.2, 0.25) is 0 Å². The minimum Gasteiger partial charge on any atom is -0.756 e. The van der Waals surface area contributed by atoms with Crippen LogP contribution in [0.15, 0.2) is 0 Å². The Kier molecular flexibility index (Phi) is 44.6. The van der Waals surface area contributed by atoms with Crippen LogP contribution in [0.2, 0.25) is 0 Å². The fraction of sp³-hybridized carbons (Fsp3) is 0. The zero-order valence-corrected chi connectivity index (χ0v) is 11.4. The molecule has 0 rings (SSSR count). The summed E-state index contributed by atoms with van der Waals surface area (Å²) in [7, 11) is -10.4. The van der Waals surface area contributed by atoms with Crippen molar-refractivity contribution in [2.75, 3.05) is 0 Å². The Bertz CT molecular complexity index is 159. The van der Waals surface area contributed by atoms with E-state index < -0.39 is 15.6 Å². The molecule has 0 aliphatic carbocycles. The van der Waals surface area contributed by atoms with E-state index in [1.165, 1.54) is 0 Å². The van der Waals surface area contributed by atoms with Crippen LogP contribution >= 0.6 is 15.6 Å². The van der Waals surface area contributed by atoms with Gasteiger partial charge >= 0.3 is 37.4 Å². The van der Waals surface area contributed by atoms with Gasteiger partial charge in [0.25, 0.3) is 7.82 Å². The molecular formula is H14NNaO11P2. The molecule has 0 bridgehead atoms. The molecule has 0 aromatic rings. The van der Waals surface area contributed by atoms with Gasteiger partial charge in [-0.25, -0.2) is 8.88 Å². The minimum absolute atomic E-state index is 0. The Balaban J connectivity index is -0.0000000213. The molecule has 0 fully saturated rings. The van der Waals surface area contributed by atoms with Crippen LogP contribution in [0.4, 0.5) is 0 Å². The zero-order valence-electron chi connectivity index (χ0n) is 7.58. The molecule has 12 nitrogen and oxygen atoms in total. The van der Waals surface area contributed by atoms with E-state index >= 15 is 0 Å². The van der Waals surface area contributed by atoms with Gasteiger partial charge < -0.3 is 47.6 Å². The Morgan fingerprint density at radius 1 is 0.933 bits per heavy atom. The standard InChI is InChI=1S/H3N.Na.H4O7P2.4H2O/c;;1-8(2,3)7-9(4,5)6;;;;/h1H3;;(H2,1,2,3)(H2,4,5,6);4*1H2/q;+1;;;;;/p-1. The van der Waals surface area contributed by atoms with Crippen LogP contribution in [0.25, 0.3) is 0 Å². The molecule has 1 unspecified atom stereocenters. The van der Waals surface area contributed by atoms with Crippen LogP contribution in [-0.2, 0) is 13.4 Å². The average Bonchev–Trinajstić information content (AvgIpc) is 1.14. The summed E-state index contributed by atoms with van der Waals surface area (Å²) in [5.41, 5.74) is 0. The van der Waals surface area contributed by atoms with E-state index in [2.05, 4.69) is 4.31 Å². The maximum atomic E-state index is 9.59. The van der Waals surface area contributed by atoms with Gasteiger partial charge in [-0.15, -0.1) is 0 Å². The maximum Gasteiger partial charge on any atom is 1.00 e. The van der Waals surface area contributed by atoms with Crippen LogP contribution in [0, 0.1) is 0 Å².